The van der Waals surface area contributed by atoms with Crippen molar-refractivity contribution in [3.8, 4) is 0 Å². The molecule has 3 rings (SSSR count). The minimum atomic E-state index is -1.06. The molecule has 0 spiro atoms. The predicted octanol–water partition coefficient (Wildman–Crippen LogP) is 6.32. The SMILES string of the molecule is CCC(CC)(c1ccc(/C=C/C2(O)CCCCC2)c(C)c1)c1ccc(C(=O)NC(C)C(=O)O)c(C)c1. The summed E-state index contributed by atoms with van der Waals surface area (Å²) in [6.07, 6.45) is 10.9. The highest BCUT2D eigenvalue weighted by Gasteiger charge is 2.32. The van der Waals surface area contributed by atoms with Crippen molar-refractivity contribution in [3.05, 3.63) is 75.9 Å². The lowest BCUT2D eigenvalue weighted by Crippen LogP contribution is -2.38. The Balaban J connectivity index is 1.91. The molecule has 0 aliphatic heterocycles. The van der Waals surface area contributed by atoms with E-state index in [1.54, 1.807) is 0 Å². The molecule has 0 bridgehead atoms. The average Bonchev–Trinajstić information content (AvgIpc) is 2.85. The van der Waals surface area contributed by atoms with Gasteiger partial charge in [-0.2, -0.15) is 0 Å². The number of carbonyl (C=O) groups excluding carboxylic acids is 1. The summed E-state index contributed by atoms with van der Waals surface area (Å²) in [6, 6.07) is 11.5. The molecular formula is C31H41NO4. The van der Waals surface area contributed by atoms with E-state index < -0.39 is 17.6 Å². The monoisotopic (exact) mass is 491 g/mol. The lowest BCUT2D eigenvalue weighted by molar-refractivity contribution is -0.138. The van der Waals surface area contributed by atoms with Gasteiger partial charge in [-0.1, -0.05) is 75.6 Å². The third-order valence-electron chi connectivity index (χ3n) is 8.06. The smallest absolute Gasteiger partial charge is 0.325 e. The number of aryl methyl sites for hydroxylation is 2. The molecule has 3 N–H and O–H groups in total. The first-order valence-electron chi connectivity index (χ1n) is 13.2. The van der Waals surface area contributed by atoms with Gasteiger partial charge in [0.2, 0.25) is 0 Å². The lowest BCUT2D eigenvalue weighted by Gasteiger charge is -2.34. The number of amides is 1. The zero-order valence-electron chi connectivity index (χ0n) is 22.4. The zero-order chi connectivity index (χ0) is 26.5. The van der Waals surface area contributed by atoms with E-state index in [0.29, 0.717) is 5.56 Å². The summed E-state index contributed by atoms with van der Waals surface area (Å²) in [5.74, 6) is -1.44. The fourth-order valence-electron chi connectivity index (χ4n) is 5.52. The van der Waals surface area contributed by atoms with Gasteiger partial charge in [-0.15, -0.1) is 0 Å². The Hall–Kier alpha value is -2.92. The van der Waals surface area contributed by atoms with E-state index in [9.17, 15) is 14.7 Å². The van der Waals surface area contributed by atoms with Gasteiger partial charge in [0.25, 0.3) is 5.91 Å². The van der Waals surface area contributed by atoms with Crippen LogP contribution >= 0.6 is 0 Å². The van der Waals surface area contributed by atoms with Crippen molar-refractivity contribution >= 4 is 18.0 Å². The Labute approximate surface area is 215 Å². The maximum Gasteiger partial charge on any atom is 0.325 e. The van der Waals surface area contributed by atoms with Crippen molar-refractivity contribution in [2.45, 2.75) is 96.6 Å². The Kier molecular flexibility index (Phi) is 8.78. The normalized spacial score (nSPS) is 16.6. The first kappa shape index (κ1) is 27.7. The molecule has 5 heteroatoms. The number of benzene rings is 2. The van der Waals surface area contributed by atoms with Crippen LogP contribution in [0.1, 0.15) is 104 Å². The second-order valence-electron chi connectivity index (χ2n) is 10.4. The molecule has 1 unspecified atom stereocenters. The van der Waals surface area contributed by atoms with E-state index in [4.69, 9.17) is 5.11 Å². The summed E-state index contributed by atoms with van der Waals surface area (Å²) >= 11 is 0. The van der Waals surface area contributed by atoms with Crippen LogP contribution in [0.4, 0.5) is 0 Å². The Morgan fingerprint density at radius 3 is 2.11 bits per heavy atom. The van der Waals surface area contributed by atoms with Crippen molar-refractivity contribution < 1.29 is 19.8 Å². The highest BCUT2D eigenvalue weighted by molar-refractivity contribution is 5.97. The molecule has 1 saturated carbocycles. The van der Waals surface area contributed by atoms with Crippen LogP contribution in [-0.2, 0) is 10.2 Å². The molecule has 1 amide bonds. The zero-order valence-corrected chi connectivity index (χ0v) is 22.4. The minimum absolute atomic E-state index is 0.206. The maximum atomic E-state index is 12.6. The Morgan fingerprint density at radius 1 is 1.00 bits per heavy atom. The fourth-order valence-corrected chi connectivity index (χ4v) is 5.52. The van der Waals surface area contributed by atoms with Gasteiger partial charge < -0.3 is 15.5 Å². The van der Waals surface area contributed by atoms with Gasteiger partial charge in [-0.05, 0) is 80.3 Å². The summed E-state index contributed by atoms with van der Waals surface area (Å²) in [6.45, 7) is 9.85. The second-order valence-corrected chi connectivity index (χ2v) is 10.4. The first-order valence-corrected chi connectivity index (χ1v) is 13.2. The molecule has 1 aliphatic rings. The number of aliphatic hydroxyl groups is 1. The minimum Gasteiger partial charge on any atom is -0.480 e. The molecule has 0 heterocycles. The molecule has 1 fully saturated rings. The molecule has 0 radical (unpaired) electrons. The van der Waals surface area contributed by atoms with Gasteiger partial charge in [0.1, 0.15) is 6.04 Å². The highest BCUT2D eigenvalue weighted by Crippen LogP contribution is 2.40. The molecule has 5 nitrogen and oxygen atoms in total. The first-order chi connectivity index (χ1) is 17.0. The van der Waals surface area contributed by atoms with Crippen molar-refractivity contribution in [3.63, 3.8) is 0 Å². The number of carbonyl (C=O) groups is 2. The van der Waals surface area contributed by atoms with E-state index in [-0.39, 0.29) is 11.3 Å². The third-order valence-corrected chi connectivity index (χ3v) is 8.06. The van der Waals surface area contributed by atoms with E-state index in [2.05, 4.69) is 56.4 Å². The van der Waals surface area contributed by atoms with E-state index in [0.717, 1.165) is 55.2 Å². The molecule has 2 aromatic carbocycles. The highest BCUT2D eigenvalue weighted by atomic mass is 16.4. The second kappa shape index (κ2) is 11.4. The number of hydrogen-bond donors (Lipinski definition) is 3. The molecule has 0 aromatic heterocycles. The molecule has 36 heavy (non-hydrogen) atoms. The number of aliphatic carboxylic acids is 1. The fraction of sp³-hybridized carbons (Fsp3) is 0.484. The number of nitrogens with one attached hydrogen (secondary N) is 1. The van der Waals surface area contributed by atoms with Crippen LogP contribution in [0.3, 0.4) is 0 Å². The van der Waals surface area contributed by atoms with Crippen LogP contribution in [0.25, 0.3) is 6.08 Å². The van der Waals surface area contributed by atoms with Crippen LogP contribution in [0.5, 0.6) is 0 Å². The van der Waals surface area contributed by atoms with Crippen molar-refractivity contribution in [2.75, 3.05) is 0 Å². The molecule has 2 aromatic rings. The maximum absolute atomic E-state index is 12.6. The van der Waals surface area contributed by atoms with Gasteiger partial charge in [0.05, 0.1) is 5.60 Å². The van der Waals surface area contributed by atoms with Crippen LogP contribution in [0.15, 0.2) is 42.5 Å². The molecule has 0 saturated heterocycles. The molecule has 194 valence electrons. The van der Waals surface area contributed by atoms with Crippen molar-refractivity contribution in [1.82, 2.24) is 5.32 Å². The van der Waals surface area contributed by atoms with Gasteiger partial charge >= 0.3 is 5.97 Å². The standard InChI is InChI=1S/C31H41NO4/c1-6-31(7-2,26-13-14-27(22(4)20-26)28(33)32-23(5)29(34)35)25-12-11-24(21(3)19-25)15-18-30(36)16-9-8-10-17-30/h11-15,18-20,23,36H,6-10,16-17H2,1-5H3,(H,32,33)(H,34,35)/b18-15+. The number of carboxylic acids is 1. The summed E-state index contributed by atoms with van der Waals surface area (Å²) in [4.78, 5) is 23.8. The molecule has 1 aliphatic carbocycles. The van der Waals surface area contributed by atoms with E-state index >= 15 is 0 Å². The van der Waals surface area contributed by atoms with Gasteiger partial charge in [-0.3, -0.25) is 9.59 Å². The predicted molar refractivity (Wildman–Crippen MR) is 145 cm³/mol. The number of rotatable bonds is 9. The Bertz CT molecular complexity index is 1120. The lowest BCUT2D eigenvalue weighted by atomic mass is 9.69. The summed E-state index contributed by atoms with van der Waals surface area (Å²) in [5, 5.41) is 22.5. The largest absolute Gasteiger partial charge is 0.480 e. The average molecular weight is 492 g/mol. The van der Waals surface area contributed by atoms with Crippen LogP contribution in [0.2, 0.25) is 0 Å². The van der Waals surface area contributed by atoms with E-state index in [1.807, 2.05) is 25.1 Å². The van der Waals surface area contributed by atoms with Crippen molar-refractivity contribution in [2.24, 2.45) is 0 Å². The van der Waals surface area contributed by atoms with Crippen LogP contribution < -0.4 is 5.32 Å². The quantitative estimate of drug-likeness (QED) is 0.383. The third kappa shape index (κ3) is 5.89. The Morgan fingerprint density at radius 2 is 1.58 bits per heavy atom. The topological polar surface area (TPSA) is 86.6 Å². The molecule has 1 atom stereocenters. The summed E-state index contributed by atoms with van der Waals surface area (Å²) < 4.78 is 0. The molecular weight excluding hydrogens is 450 g/mol. The van der Waals surface area contributed by atoms with Crippen molar-refractivity contribution in [1.29, 1.82) is 0 Å². The summed E-state index contributed by atoms with van der Waals surface area (Å²) in [5.41, 5.74) is 5.09. The number of carboxylic acid groups (broad SMARTS) is 1. The van der Waals surface area contributed by atoms with Gasteiger partial charge in [0, 0.05) is 11.0 Å². The van der Waals surface area contributed by atoms with Gasteiger partial charge in [0.15, 0.2) is 0 Å². The van der Waals surface area contributed by atoms with Gasteiger partial charge in [-0.25, -0.2) is 0 Å². The number of hydrogen-bond acceptors (Lipinski definition) is 3. The summed E-state index contributed by atoms with van der Waals surface area (Å²) in [7, 11) is 0. The van der Waals surface area contributed by atoms with Crippen LogP contribution in [-0.4, -0.2) is 33.7 Å². The van der Waals surface area contributed by atoms with Crippen LogP contribution in [0, 0.1) is 13.8 Å². The van der Waals surface area contributed by atoms with E-state index in [1.165, 1.54) is 24.5 Å².